The molecule has 0 spiro atoms. The molecule has 0 saturated heterocycles. The summed E-state index contributed by atoms with van der Waals surface area (Å²) < 4.78 is 8.03. The fourth-order valence-electron chi connectivity index (χ4n) is 1.68. The van der Waals surface area contributed by atoms with Crippen LogP contribution in [0.15, 0.2) is 24.6 Å². The third-order valence-electron chi connectivity index (χ3n) is 2.47. The quantitative estimate of drug-likeness (QED) is 0.783. The Hall–Kier alpha value is -1.33. The molecule has 16 heavy (non-hydrogen) atoms. The Kier molecular flexibility index (Phi) is 3.58. The number of allylic oxidation sites excluding steroid dienone is 2. The number of imidazole rings is 1. The fraction of sp³-hybridized carbons (Fsp3) is 0.364. The first-order valence-electron chi connectivity index (χ1n) is 5.24. The number of aromatic amines is 1. The summed E-state index contributed by atoms with van der Waals surface area (Å²) in [6.07, 6.45) is 8.49. The Bertz CT molecular complexity index is 470. The Balaban J connectivity index is 2.31. The lowest BCUT2D eigenvalue weighted by Gasteiger charge is -2.14. The number of hydrogen-bond acceptors (Lipinski definition) is 3. The lowest BCUT2D eigenvalue weighted by atomic mass is 10.3. The molecule has 2 heterocycles. The monoisotopic (exact) mass is 237 g/mol. The summed E-state index contributed by atoms with van der Waals surface area (Å²) in [7, 11) is 1.94. The molecular weight excluding hydrogens is 222 g/mol. The minimum absolute atomic E-state index is 0.565. The highest BCUT2D eigenvalue weighted by Gasteiger charge is 2.09. The molecule has 86 valence electrons. The normalized spacial score (nSPS) is 14.7. The fourth-order valence-corrected chi connectivity index (χ4v) is 1.98. The van der Waals surface area contributed by atoms with Crippen molar-refractivity contribution in [2.75, 3.05) is 20.2 Å². The Morgan fingerprint density at radius 2 is 2.50 bits per heavy atom. The van der Waals surface area contributed by atoms with Crippen LogP contribution in [0.2, 0.25) is 0 Å². The van der Waals surface area contributed by atoms with Crippen LogP contribution in [0.4, 0.5) is 0 Å². The van der Waals surface area contributed by atoms with Crippen molar-refractivity contribution in [1.82, 2.24) is 14.9 Å². The van der Waals surface area contributed by atoms with E-state index in [4.69, 9.17) is 17.0 Å². The Morgan fingerprint density at radius 3 is 3.19 bits per heavy atom. The number of nitrogens with zero attached hydrogens (tertiary/aromatic N) is 1. The van der Waals surface area contributed by atoms with E-state index in [9.17, 15) is 0 Å². The lowest BCUT2D eigenvalue weighted by molar-refractivity contribution is 0.287. The number of H-pyrrole nitrogens is 1. The van der Waals surface area contributed by atoms with Gasteiger partial charge in [0.25, 0.3) is 0 Å². The van der Waals surface area contributed by atoms with Crippen LogP contribution in [0, 0.1) is 4.77 Å². The van der Waals surface area contributed by atoms with Crippen molar-refractivity contribution >= 4 is 17.9 Å². The smallest absolute Gasteiger partial charge is 0.181 e. The van der Waals surface area contributed by atoms with Gasteiger partial charge in [-0.1, -0.05) is 0 Å². The van der Waals surface area contributed by atoms with Crippen molar-refractivity contribution < 1.29 is 4.74 Å². The second kappa shape index (κ2) is 5.14. The Morgan fingerprint density at radius 1 is 1.62 bits per heavy atom. The molecule has 1 aliphatic rings. The molecule has 0 aliphatic carbocycles. The average Bonchev–Trinajstić information content (AvgIpc) is 2.69. The molecule has 0 unspecified atom stereocenters. The zero-order valence-electron chi connectivity index (χ0n) is 9.19. The van der Waals surface area contributed by atoms with Crippen molar-refractivity contribution in [3.05, 3.63) is 35.1 Å². The second-order valence-corrected chi connectivity index (χ2v) is 3.96. The standard InChI is InChI=1S/C11H15N3OS/c1-12-5-4-9-7-13-11(16)14(9)10-3-2-6-15-8-10/h2-3,6-7,12H,4-5,8H2,1H3,(H,13,16). The molecule has 0 atom stereocenters. The second-order valence-electron chi connectivity index (χ2n) is 3.57. The summed E-state index contributed by atoms with van der Waals surface area (Å²) in [6, 6.07) is 0. The molecule has 1 aromatic heterocycles. The number of rotatable bonds is 4. The minimum Gasteiger partial charge on any atom is -0.495 e. The molecule has 0 saturated carbocycles. The maximum absolute atomic E-state index is 5.27. The molecule has 0 bridgehead atoms. The SMILES string of the molecule is CNCCc1c[nH]c(=S)n1C1=CC=COC1. The highest BCUT2D eigenvalue weighted by Crippen LogP contribution is 2.14. The van der Waals surface area contributed by atoms with Crippen LogP contribution in [0.3, 0.4) is 0 Å². The highest BCUT2D eigenvalue weighted by atomic mass is 32.1. The molecule has 0 amide bonds. The van der Waals surface area contributed by atoms with E-state index < -0.39 is 0 Å². The van der Waals surface area contributed by atoms with Crippen LogP contribution in [0.5, 0.6) is 0 Å². The van der Waals surface area contributed by atoms with E-state index in [1.54, 1.807) is 6.26 Å². The molecule has 2 rings (SSSR count). The van der Waals surface area contributed by atoms with Crippen LogP contribution in [-0.4, -0.2) is 29.8 Å². The van der Waals surface area contributed by atoms with Gasteiger partial charge in [-0.3, -0.25) is 4.57 Å². The van der Waals surface area contributed by atoms with Gasteiger partial charge in [-0.2, -0.15) is 0 Å². The van der Waals surface area contributed by atoms with Gasteiger partial charge < -0.3 is 15.0 Å². The van der Waals surface area contributed by atoms with Crippen molar-refractivity contribution in [2.45, 2.75) is 6.42 Å². The molecule has 2 N–H and O–H groups in total. The summed E-state index contributed by atoms with van der Waals surface area (Å²) in [6.45, 7) is 1.49. The first-order valence-corrected chi connectivity index (χ1v) is 5.65. The number of nitrogens with one attached hydrogen (secondary N) is 2. The zero-order valence-corrected chi connectivity index (χ0v) is 10.0. The maximum Gasteiger partial charge on any atom is 0.181 e. The molecule has 4 nitrogen and oxygen atoms in total. The summed E-state index contributed by atoms with van der Waals surface area (Å²) in [5, 5.41) is 3.13. The molecular formula is C11H15N3OS. The lowest BCUT2D eigenvalue weighted by Crippen LogP contribution is -2.14. The molecule has 0 aromatic carbocycles. The van der Waals surface area contributed by atoms with Crippen LogP contribution in [0.1, 0.15) is 5.69 Å². The van der Waals surface area contributed by atoms with E-state index in [0.717, 1.165) is 23.4 Å². The predicted molar refractivity (Wildman–Crippen MR) is 66.6 cm³/mol. The summed E-state index contributed by atoms with van der Waals surface area (Å²) in [5.41, 5.74) is 2.24. The number of hydrogen-bond donors (Lipinski definition) is 2. The molecule has 0 fully saturated rings. The van der Waals surface area contributed by atoms with Gasteiger partial charge in [0.2, 0.25) is 0 Å². The van der Waals surface area contributed by atoms with Crippen molar-refractivity contribution in [2.24, 2.45) is 0 Å². The molecule has 5 heteroatoms. The van der Waals surface area contributed by atoms with Gasteiger partial charge >= 0.3 is 0 Å². The third kappa shape index (κ3) is 2.25. The summed E-state index contributed by atoms with van der Waals surface area (Å²) >= 11 is 5.27. The third-order valence-corrected chi connectivity index (χ3v) is 2.77. The average molecular weight is 237 g/mol. The van der Waals surface area contributed by atoms with Crippen LogP contribution >= 0.6 is 12.2 Å². The Labute approximate surface area is 99.6 Å². The minimum atomic E-state index is 0.565. The summed E-state index contributed by atoms with van der Waals surface area (Å²) in [5.74, 6) is 0. The van der Waals surface area contributed by atoms with Crippen LogP contribution in [-0.2, 0) is 11.2 Å². The van der Waals surface area contributed by atoms with Gasteiger partial charge in [0.1, 0.15) is 6.61 Å². The first-order chi connectivity index (χ1) is 7.83. The zero-order chi connectivity index (χ0) is 11.4. The number of likely N-dealkylation sites (N-methyl/N-ethyl adjacent to an activating group) is 1. The number of aromatic nitrogens is 2. The predicted octanol–water partition coefficient (Wildman–Crippen LogP) is 1.69. The van der Waals surface area contributed by atoms with E-state index in [2.05, 4.69) is 10.3 Å². The first kappa shape index (κ1) is 11.2. The van der Waals surface area contributed by atoms with Gasteiger partial charge in [-0.05, 0) is 31.4 Å². The number of ether oxygens (including phenoxy) is 1. The highest BCUT2D eigenvalue weighted by molar-refractivity contribution is 7.71. The van der Waals surface area contributed by atoms with E-state index >= 15 is 0 Å². The largest absolute Gasteiger partial charge is 0.495 e. The van der Waals surface area contributed by atoms with Gasteiger partial charge in [0.15, 0.2) is 4.77 Å². The van der Waals surface area contributed by atoms with Crippen LogP contribution in [0.25, 0.3) is 5.70 Å². The summed E-state index contributed by atoms with van der Waals surface area (Å²) in [4.78, 5) is 3.07. The van der Waals surface area contributed by atoms with Crippen LogP contribution < -0.4 is 5.32 Å². The van der Waals surface area contributed by atoms with Gasteiger partial charge in [-0.15, -0.1) is 0 Å². The maximum atomic E-state index is 5.27. The van der Waals surface area contributed by atoms with E-state index in [0.29, 0.717) is 6.61 Å². The van der Waals surface area contributed by atoms with Crippen molar-refractivity contribution in [1.29, 1.82) is 0 Å². The van der Waals surface area contributed by atoms with E-state index in [1.807, 2.05) is 30.0 Å². The topological polar surface area (TPSA) is 42.0 Å². The van der Waals surface area contributed by atoms with Gasteiger partial charge in [0.05, 0.1) is 12.0 Å². The van der Waals surface area contributed by atoms with E-state index in [-0.39, 0.29) is 0 Å². The van der Waals surface area contributed by atoms with E-state index in [1.165, 1.54) is 5.69 Å². The van der Waals surface area contributed by atoms with Crippen molar-refractivity contribution in [3.63, 3.8) is 0 Å². The van der Waals surface area contributed by atoms with Gasteiger partial charge in [0, 0.05) is 24.9 Å². The van der Waals surface area contributed by atoms with Gasteiger partial charge in [-0.25, -0.2) is 0 Å². The van der Waals surface area contributed by atoms with Crippen molar-refractivity contribution in [3.8, 4) is 0 Å². The molecule has 0 radical (unpaired) electrons. The molecule has 1 aromatic rings. The molecule has 1 aliphatic heterocycles.